The molecule has 0 aromatic heterocycles. The Bertz CT molecular complexity index is 257. The molecule has 17 heavy (non-hydrogen) atoms. The number of hydrogen-bond acceptors (Lipinski definition) is 3. The second kappa shape index (κ2) is 5.38. The highest BCUT2D eigenvalue weighted by Gasteiger charge is 2.35. The minimum Gasteiger partial charge on any atom is -0.462 e. The van der Waals surface area contributed by atoms with E-state index in [-0.39, 0.29) is 17.5 Å². The highest BCUT2D eigenvalue weighted by molar-refractivity contribution is 5.76. The molecule has 0 unspecified atom stereocenters. The highest BCUT2D eigenvalue weighted by atomic mass is 16.6. The van der Waals surface area contributed by atoms with Crippen molar-refractivity contribution in [1.82, 2.24) is 0 Å². The lowest BCUT2D eigenvalue weighted by Gasteiger charge is -2.32. The van der Waals surface area contributed by atoms with Crippen molar-refractivity contribution in [2.75, 3.05) is 13.2 Å². The summed E-state index contributed by atoms with van der Waals surface area (Å²) in [6.07, 6.45) is 2.55. The van der Waals surface area contributed by atoms with E-state index in [0.29, 0.717) is 13.2 Å². The Morgan fingerprint density at radius 1 is 1.18 bits per heavy atom. The van der Waals surface area contributed by atoms with Gasteiger partial charge in [0.25, 0.3) is 0 Å². The maximum Gasteiger partial charge on any atom is 0.311 e. The van der Waals surface area contributed by atoms with E-state index in [1.165, 1.54) is 0 Å². The molecule has 0 spiro atoms. The summed E-state index contributed by atoms with van der Waals surface area (Å²) in [4.78, 5) is 12.1. The lowest BCUT2D eigenvalue weighted by atomic mass is 9.76. The summed E-state index contributed by atoms with van der Waals surface area (Å²) in [5.41, 5.74) is -0.269. The van der Waals surface area contributed by atoms with E-state index in [4.69, 9.17) is 9.47 Å². The molecular formula is C14H26O3. The Kier molecular flexibility index (Phi) is 4.59. The molecule has 3 heteroatoms. The second-order valence-corrected chi connectivity index (χ2v) is 6.84. The zero-order valence-corrected chi connectivity index (χ0v) is 11.8. The van der Waals surface area contributed by atoms with Crippen LogP contribution in [0.5, 0.6) is 0 Å². The molecular weight excluding hydrogens is 216 g/mol. The number of carbonyl (C=O) groups excluding carboxylic acids is 1. The fourth-order valence-electron chi connectivity index (χ4n) is 2.50. The number of hydrogen-bond donors (Lipinski definition) is 0. The zero-order valence-electron chi connectivity index (χ0n) is 11.8. The van der Waals surface area contributed by atoms with Crippen LogP contribution in [0.1, 0.15) is 53.9 Å². The van der Waals surface area contributed by atoms with E-state index in [1.807, 2.05) is 13.8 Å². The Hall–Kier alpha value is -0.570. The third-order valence-corrected chi connectivity index (χ3v) is 2.97. The van der Waals surface area contributed by atoms with Crippen molar-refractivity contribution < 1.29 is 14.3 Å². The molecule has 0 radical (unpaired) electrons. The van der Waals surface area contributed by atoms with Crippen molar-refractivity contribution in [2.45, 2.75) is 60.0 Å². The summed E-state index contributed by atoms with van der Waals surface area (Å²) >= 11 is 0. The maximum absolute atomic E-state index is 12.1. The van der Waals surface area contributed by atoms with E-state index in [2.05, 4.69) is 20.8 Å². The lowest BCUT2D eigenvalue weighted by molar-refractivity contribution is -0.165. The molecule has 0 bridgehead atoms. The van der Waals surface area contributed by atoms with Gasteiger partial charge in [0.1, 0.15) is 6.10 Å². The molecule has 1 saturated heterocycles. The first-order valence-electron chi connectivity index (χ1n) is 6.49. The number of rotatable bonds is 3. The van der Waals surface area contributed by atoms with Gasteiger partial charge in [-0.2, -0.15) is 0 Å². The molecule has 1 fully saturated rings. The second-order valence-electron chi connectivity index (χ2n) is 6.84. The molecule has 0 amide bonds. The highest BCUT2D eigenvalue weighted by Crippen LogP contribution is 2.34. The summed E-state index contributed by atoms with van der Waals surface area (Å²) < 4.78 is 10.8. The fourth-order valence-corrected chi connectivity index (χ4v) is 2.50. The van der Waals surface area contributed by atoms with Gasteiger partial charge < -0.3 is 9.47 Å². The summed E-state index contributed by atoms with van der Waals surface area (Å²) in [5.74, 6) is -0.0701. The molecule has 1 aliphatic heterocycles. The van der Waals surface area contributed by atoms with E-state index in [0.717, 1.165) is 19.3 Å². The predicted molar refractivity (Wildman–Crippen MR) is 67.8 cm³/mol. The maximum atomic E-state index is 12.1. The molecule has 0 saturated carbocycles. The monoisotopic (exact) mass is 242 g/mol. The average Bonchev–Trinajstić information content (AvgIpc) is 2.15. The van der Waals surface area contributed by atoms with Crippen LogP contribution < -0.4 is 0 Å². The molecule has 0 N–H and O–H groups in total. The van der Waals surface area contributed by atoms with Crippen LogP contribution in [0.4, 0.5) is 0 Å². The van der Waals surface area contributed by atoms with Gasteiger partial charge in [-0.3, -0.25) is 4.79 Å². The van der Waals surface area contributed by atoms with Crippen molar-refractivity contribution in [3.63, 3.8) is 0 Å². The average molecular weight is 242 g/mol. The van der Waals surface area contributed by atoms with Crippen LogP contribution >= 0.6 is 0 Å². The van der Waals surface area contributed by atoms with Gasteiger partial charge in [-0.05, 0) is 25.7 Å². The van der Waals surface area contributed by atoms with E-state index in [9.17, 15) is 4.79 Å². The molecule has 0 aliphatic carbocycles. The molecule has 100 valence electrons. The summed E-state index contributed by atoms with van der Waals surface area (Å²) in [6.45, 7) is 11.8. The topological polar surface area (TPSA) is 35.5 Å². The Balaban J connectivity index is 2.49. The fraction of sp³-hybridized carbons (Fsp3) is 0.929. The Morgan fingerprint density at radius 3 is 2.18 bits per heavy atom. The standard InChI is InChI=1S/C14H26O3/c1-13(2,3)10-14(4,5)12(15)17-11-6-8-16-9-7-11/h11H,6-10H2,1-5H3. The van der Waals surface area contributed by atoms with Crippen LogP contribution in [0, 0.1) is 10.8 Å². The van der Waals surface area contributed by atoms with Gasteiger partial charge in [-0.1, -0.05) is 20.8 Å². The number of esters is 1. The van der Waals surface area contributed by atoms with Crippen molar-refractivity contribution in [2.24, 2.45) is 10.8 Å². The Labute approximate surface area is 105 Å². The van der Waals surface area contributed by atoms with Gasteiger partial charge in [0, 0.05) is 12.8 Å². The van der Waals surface area contributed by atoms with Gasteiger partial charge in [0.15, 0.2) is 0 Å². The SMILES string of the molecule is CC(C)(C)CC(C)(C)C(=O)OC1CCOCC1. The molecule has 1 rings (SSSR count). The summed E-state index contributed by atoms with van der Waals surface area (Å²) in [7, 11) is 0. The molecule has 1 aliphatic rings. The van der Waals surface area contributed by atoms with Crippen LogP contribution in [-0.2, 0) is 14.3 Å². The lowest BCUT2D eigenvalue weighted by Crippen LogP contribution is -2.35. The number of carbonyl (C=O) groups is 1. The van der Waals surface area contributed by atoms with Crippen molar-refractivity contribution in [1.29, 1.82) is 0 Å². The van der Waals surface area contributed by atoms with Crippen molar-refractivity contribution in [3.05, 3.63) is 0 Å². The van der Waals surface area contributed by atoms with E-state index in [1.54, 1.807) is 0 Å². The zero-order chi connectivity index (χ0) is 13.1. The molecule has 3 nitrogen and oxygen atoms in total. The first-order chi connectivity index (χ1) is 7.71. The molecule has 0 aromatic carbocycles. The first kappa shape index (κ1) is 14.5. The van der Waals surface area contributed by atoms with Crippen LogP contribution in [-0.4, -0.2) is 25.3 Å². The van der Waals surface area contributed by atoms with Gasteiger partial charge in [-0.25, -0.2) is 0 Å². The largest absolute Gasteiger partial charge is 0.462 e. The number of ether oxygens (including phenoxy) is 2. The molecule has 1 heterocycles. The third kappa shape index (κ3) is 5.07. The Morgan fingerprint density at radius 2 is 1.71 bits per heavy atom. The van der Waals surface area contributed by atoms with Crippen LogP contribution in [0.2, 0.25) is 0 Å². The normalized spacial score (nSPS) is 19.1. The van der Waals surface area contributed by atoms with Crippen molar-refractivity contribution in [3.8, 4) is 0 Å². The predicted octanol–water partition coefficient (Wildman–Crippen LogP) is 3.17. The third-order valence-electron chi connectivity index (χ3n) is 2.97. The molecule has 0 aromatic rings. The minimum atomic E-state index is -0.406. The minimum absolute atomic E-state index is 0.0514. The van der Waals surface area contributed by atoms with Gasteiger partial charge in [-0.15, -0.1) is 0 Å². The van der Waals surface area contributed by atoms with Crippen molar-refractivity contribution >= 4 is 5.97 Å². The smallest absolute Gasteiger partial charge is 0.311 e. The van der Waals surface area contributed by atoms with Crippen LogP contribution in [0.3, 0.4) is 0 Å². The summed E-state index contributed by atoms with van der Waals surface area (Å²) in [6, 6.07) is 0. The van der Waals surface area contributed by atoms with Gasteiger partial charge >= 0.3 is 5.97 Å². The van der Waals surface area contributed by atoms with Gasteiger partial charge in [0.2, 0.25) is 0 Å². The quantitative estimate of drug-likeness (QED) is 0.713. The summed E-state index contributed by atoms with van der Waals surface area (Å²) in [5, 5.41) is 0. The van der Waals surface area contributed by atoms with E-state index < -0.39 is 5.41 Å². The first-order valence-corrected chi connectivity index (χ1v) is 6.49. The van der Waals surface area contributed by atoms with Crippen LogP contribution in [0.15, 0.2) is 0 Å². The van der Waals surface area contributed by atoms with Gasteiger partial charge in [0.05, 0.1) is 18.6 Å². The molecule has 0 atom stereocenters. The van der Waals surface area contributed by atoms with E-state index >= 15 is 0 Å². The van der Waals surface area contributed by atoms with Crippen LogP contribution in [0.25, 0.3) is 0 Å².